The first-order valence-corrected chi connectivity index (χ1v) is 5.45. The summed E-state index contributed by atoms with van der Waals surface area (Å²) in [5, 5.41) is 4.33. The highest BCUT2D eigenvalue weighted by Gasteiger charge is 2.06. The van der Waals surface area contributed by atoms with Crippen LogP contribution in [0.1, 0.15) is 0 Å². The van der Waals surface area contributed by atoms with Crippen LogP contribution in [0.5, 0.6) is 0 Å². The molecule has 0 atom stereocenters. The zero-order valence-electron chi connectivity index (χ0n) is 8.10. The molecule has 0 aliphatic rings. The molecule has 0 saturated heterocycles. The number of nitrogens with two attached hydrogens (primary N) is 1. The lowest BCUT2D eigenvalue weighted by atomic mass is 10.2. The quantitative estimate of drug-likeness (QED) is 0.920. The molecule has 0 radical (unpaired) electrons. The van der Waals surface area contributed by atoms with Gasteiger partial charge in [-0.25, -0.2) is 4.98 Å². The Morgan fingerprint density at radius 1 is 1.33 bits per heavy atom. The monoisotopic (exact) mass is 266 g/mol. The highest BCUT2D eigenvalue weighted by Crippen LogP contribution is 2.24. The number of hydrogen-bond donors (Lipinski definition) is 1. The molecule has 1 aromatic heterocycles. The summed E-state index contributed by atoms with van der Waals surface area (Å²) in [5.74, 6) is 0.718. The van der Waals surface area contributed by atoms with Crippen molar-refractivity contribution in [3.8, 4) is 11.4 Å². The Morgan fingerprint density at radius 3 is 2.87 bits per heavy atom. The number of rotatable bonds is 3. The highest BCUT2D eigenvalue weighted by molar-refractivity contribution is 9.10. The smallest absolute Gasteiger partial charge is 0.182 e. The first-order valence-electron chi connectivity index (χ1n) is 4.65. The Kier molecular flexibility index (Phi) is 3.13. The van der Waals surface area contributed by atoms with Gasteiger partial charge in [0.15, 0.2) is 5.82 Å². The van der Waals surface area contributed by atoms with E-state index in [2.05, 4.69) is 26.0 Å². The molecule has 4 nitrogen and oxygen atoms in total. The molecular formula is C10H11BrN4. The first kappa shape index (κ1) is 10.3. The Hall–Kier alpha value is -1.20. The van der Waals surface area contributed by atoms with E-state index in [1.54, 1.807) is 11.0 Å². The van der Waals surface area contributed by atoms with Crippen LogP contribution in [0.2, 0.25) is 0 Å². The number of nitrogens with zero attached hydrogens (tertiary/aromatic N) is 3. The van der Waals surface area contributed by atoms with Gasteiger partial charge in [0.1, 0.15) is 6.33 Å². The van der Waals surface area contributed by atoms with Gasteiger partial charge in [0.2, 0.25) is 0 Å². The summed E-state index contributed by atoms with van der Waals surface area (Å²) in [7, 11) is 0. The summed E-state index contributed by atoms with van der Waals surface area (Å²) in [6.07, 6.45) is 1.70. The van der Waals surface area contributed by atoms with Crippen molar-refractivity contribution in [1.29, 1.82) is 0 Å². The molecule has 2 N–H and O–H groups in total. The zero-order valence-corrected chi connectivity index (χ0v) is 9.68. The van der Waals surface area contributed by atoms with Crippen molar-refractivity contribution in [2.75, 3.05) is 6.54 Å². The van der Waals surface area contributed by atoms with E-state index in [1.807, 2.05) is 24.3 Å². The lowest BCUT2D eigenvalue weighted by Crippen LogP contribution is -2.10. The summed E-state index contributed by atoms with van der Waals surface area (Å²) >= 11 is 3.47. The normalized spacial score (nSPS) is 10.5. The minimum Gasteiger partial charge on any atom is -0.329 e. The highest BCUT2D eigenvalue weighted by atomic mass is 79.9. The van der Waals surface area contributed by atoms with Gasteiger partial charge in [-0.2, -0.15) is 5.10 Å². The summed E-state index contributed by atoms with van der Waals surface area (Å²) in [5.41, 5.74) is 6.43. The van der Waals surface area contributed by atoms with Crippen LogP contribution in [-0.4, -0.2) is 21.3 Å². The van der Waals surface area contributed by atoms with Crippen LogP contribution in [0.25, 0.3) is 11.4 Å². The van der Waals surface area contributed by atoms with Crippen molar-refractivity contribution in [1.82, 2.24) is 14.8 Å². The SMILES string of the molecule is NCCn1cnc(-c2ccccc2Br)n1. The van der Waals surface area contributed by atoms with Gasteiger partial charge in [0.05, 0.1) is 6.54 Å². The van der Waals surface area contributed by atoms with Gasteiger partial charge >= 0.3 is 0 Å². The van der Waals surface area contributed by atoms with Gasteiger partial charge in [-0.05, 0) is 12.1 Å². The van der Waals surface area contributed by atoms with Crippen LogP contribution in [-0.2, 0) is 6.54 Å². The topological polar surface area (TPSA) is 56.7 Å². The minimum absolute atomic E-state index is 0.568. The zero-order chi connectivity index (χ0) is 10.7. The maximum absolute atomic E-state index is 5.44. The Morgan fingerprint density at radius 2 is 2.13 bits per heavy atom. The molecule has 0 saturated carbocycles. The second kappa shape index (κ2) is 4.55. The Balaban J connectivity index is 2.33. The molecule has 78 valence electrons. The standard InChI is InChI=1S/C10H11BrN4/c11-9-4-2-1-3-8(9)10-13-7-15(14-10)6-5-12/h1-4,7H,5-6,12H2. The molecule has 1 heterocycles. The van der Waals surface area contributed by atoms with Crippen LogP contribution >= 0.6 is 15.9 Å². The fourth-order valence-corrected chi connectivity index (χ4v) is 1.76. The number of benzene rings is 1. The fourth-order valence-electron chi connectivity index (χ4n) is 1.30. The van der Waals surface area contributed by atoms with Crippen molar-refractivity contribution in [2.45, 2.75) is 6.54 Å². The first-order chi connectivity index (χ1) is 7.31. The Labute approximate surface area is 96.3 Å². The molecule has 1 aromatic carbocycles. The summed E-state index contributed by atoms with van der Waals surface area (Å²) in [6, 6.07) is 7.87. The molecule has 0 fully saturated rings. The van der Waals surface area contributed by atoms with Crippen molar-refractivity contribution in [3.63, 3.8) is 0 Å². The van der Waals surface area contributed by atoms with Crippen LogP contribution in [0.15, 0.2) is 35.1 Å². The van der Waals surface area contributed by atoms with Crippen molar-refractivity contribution < 1.29 is 0 Å². The van der Waals surface area contributed by atoms with Crippen LogP contribution in [0.3, 0.4) is 0 Å². The second-order valence-corrected chi connectivity index (χ2v) is 3.95. The van der Waals surface area contributed by atoms with Crippen LogP contribution < -0.4 is 5.73 Å². The third kappa shape index (κ3) is 2.24. The van der Waals surface area contributed by atoms with Crippen LogP contribution in [0, 0.1) is 0 Å². The van der Waals surface area contributed by atoms with E-state index in [0.29, 0.717) is 13.1 Å². The summed E-state index contributed by atoms with van der Waals surface area (Å²) in [6.45, 7) is 1.26. The van der Waals surface area contributed by atoms with Gasteiger partial charge in [0, 0.05) is 16.6 Å². The molecule has 15 heavy (non-hydrogen) atoms. The molecule has 5 heteroatoms. The van der Waals surface area contributed by atoms with E-state index in [0.717, 1.165) is 15.9 Å². The molecule has 0 aliphatic heterocycles. The van der Waals surface area contributed by atoms with Gasteiger partial charge in [-0.1, -0.05) is 28.1 Å². The minimum atomic E-state index is 0.568. The van der Waals surface area contributed by atoms with E-state index in [9.17, 15) is 0 Å². The number of hydrogen-bond acceptors (Lipinski definition) is 3. The molecule has 0 unspecified atom stereocenters. The van der Waals surface area contributed by atoms with Crippen molar-refractivity contribution >= 4 is 15.9 Å². The van der Waals surface area contributed by atoms with Gasteiger partial charge in [-0.15, -0.1) is 0 Å². The molecule has 2 aromatic rings. The average molecular weight is 267 g/mol. The molecular weight excluding hydrogens is 256 g/mol. The van der Waals surface area contributed by atoms with E-state index in [-0.39, 0.29) is 0 Å². The number of halogens is 1. The number of aromatic nitrogens is 3. The maximum Gasteiger partial charge on any atom is 0.182 e. The predicted octanol–water partition coefficient (Wildman–Crippen LogP) is 1.67. The van der Waals surface area contributed by atoms with Crippen molar-refractivity contribution in [3.05, 3.63) is 35.1 Å². The molecule has 2 rings (SSSR count). The van der Waals surface area contributed by atoms with Gasteiger partial charge < -0.3 is 5.73 Å². The van der Waals surface area contributed by atoms with Crippen LogP contribution in [0.4, 0.5) is 0 Å². The molecule has 0 spiro atoms. The third-order valence-electron chi connectivity index (χ3n) is 2.01. The van der Waals surface area contributed by atoms with E-state index >= 15 is 0 Å². The average Bonchev–Trinajstić information content (AvgIpc) is 2.68. The fraction of sp³-hybridized carbons (Fsp3) is 0.200. The second-order valence-electron chi connectivity index (χ2n) is 3.10. The maximum atomic E-state index is 5.44. The summed E-state index contributed by atoms with van der Waals surface area (Å²) < 4.78 is 2.74. The molecule has 0 bridgehead atoms. The molecule has 0 amide bonds. The largest absolute Gasteiger partial charge is 0.329 e. The van der Waals surface area contributed by atoms with E-state index in [1.165, 1.54) is 0 Å². The lowest BCUT2D eigenvalue weighted by molar-refractivity contribution is 0.625. The predicted molar refractivity (Wildman–Crippen MR) is 62.2 cm³/mol. The molecule has 0 aliphatic carbocycles. The van der Waals surface area contributed by atoms with E-state index in [4.69, 9.17) is 5.73 Å². The summed E-state index contributed by atoms with van der Waals surface area (Å²) in [4.78, 5) is 4.23. The van der Waals surface area contributed by atoms with Gasteiger partial charge in [0.25, 0.3) is 0 Å². The third-order valence-corrected chi connectivity index (χ3v) is 2.70. The Bertz CT molecular complexity index is 452. The van der Waals surface area contributed by atoms with Gasteiger partial charge in [-0.3, -0.25) is 4.68 Å². The van der Waals surface area contributed by atoms with Crippen molar-refractivity contribution in [2.24, 2.45) is 5.73 Å². The van der Waals surface area contributed by atoms with E-state index < -0.39 is 0 Å². The lowest BCUT2D eigenvalue weighted by Gasteiger charge is -1.98.